The minimum Gasteiger partial charge on any atom is -0.465 e. The third-order valence-electron chi connectivity index (χ3n) is 3.92. The number of carbonyl (C=O) groups is 1. The van der Waals surface area contributed by atoms with E-state index in [9.17, 15) is 9.59 Å². The van der Waals surface area contributed by atoms with Crippen LogP contribution in [0.4, 0.5) is 0 Å². The van der Waals surface area contributed by atoms with E-state index >= 15 is 0 Å². The Balaban J connectivity index is 1.74. The molecule has 7 nitrogen and oxygen atoms in total. The number of hydrogen-bond donors (Lipinski definition) is 1. The fourth-order valence-electron chi connectivity index (χ4n) is 2.60. The van der Waals surface area contributed by atoms with Crippen LogP contribution in [0.25, 0.3) is 5.69 Å². The number of H-pyrrole nitrogens is 1. The summed E-state index contributed by atoms with van der Waals surface area (Å²) in [4.78, 5) is 24.1. The Hall–Kier alpha value is -3.22. The van der Waals surface area contributed by atoms with Crippen molar-refractivity contribution >= 4 is 5.97 Å². The Kier molecular flexibility index (Phi) is 5.80. The van der Waals surface area contributed by atoms with Gasteiger partial charge in [-0.2, -0.15) is 10.2 Å². The van der Waals surface area contributed by atoms with Crippen LogP contribution in [0.5, 0.6) is 0 Å². The van der Waals surface area contributed by atoms with E-state index in [4.69, 9.17) is 4.74 Å². The van der Waals surface area contributed by atoms with Gasteiger partial charge in [0.05, 0.1) is 19.2 Å². The van der Waals surface area contributed by atoms with Crippen molar-refractivity contribution in [1.29, 1.82) is 0 Å². The van der Waals surface area contributed by atoms with Gasteiger partial charge in [-0.05, 0) is 17.0 Å². The first-order valence-corrected chi connectivity index (χ1v) is 8.82. The van der Waals surface area contributed by atoms with Gasteiger partial charge in [-0.1, -0.05) is 38.1 Å². The molecule has 1 N–H and O–H groups in total. The van der Waals surface area contributed by atoms with Crippen LogP contribution in [-0.4, -0.2) is 32.6 Å². The molecule has 0 amide bonds. The van der Waals surface area contributed by atoms with Gasteiger partial charge in [-0.3, -0.25) is 14.7 Å². The predicted molar refractivity (Wildman–Crippen MR) is 101 cm³/mol. The largest absolute Gasteiger partial charge is 0.465 e. The van der Waals surface area contributed by atoms with Crippen molar-refractivity contribution in [2.24, 2.45) is 5.92 Å². The predicted octanol–water partition coefficient (Wildman–Crippen LogP) is 2.29. The molecule has 0 spiro atoms. The Bertz CT molecular complexity index is 961. The van der Waals surface area contributed by atoms with Gasteiger partial charge in [-0.15, -0.1) is 0 Å². The van der Waals surface area contributed by atoms with E-state index in [1.165, 1.54) is 6.07 Å². The van der Waals surface area contributed by atoms with Crippen LogP contribution in [0.2, 0.25) is 0 Å². The van der Waals surface area contributed by atoms with E-state index in [0.717, 1.165) is 16.8 Å². The summed E-state index contributed by atoms with van der Waals surface area (Å²) >= 11 is 0. The number of rotatable bonds is 7. The smallest absolute Gasteiger partial charge is 0.310 e. The molecule has 0 saturated carbocycles. The van der Waals surface area contributed by atoms with Crippen molar-refractivity contribution in [3.05, 3.63) is 76.0 Å². The van der Waals surface area contributed by atoms with Gasteiger partial charge in [0.15, 0.2) is 0 Å². The monoisotopic (exact) mass is 366 g/mol. The third kappa shape index (κ3) is 5.13. The van der Waals surface area contributed by atoms with E-state index in [1.54, 1.807) is 23.3 Å². The maximum absolute atomic E-state index is 12.2. The summed E-state index contributed by atoms with van der Waals surface area (Å²) in [5.41, 5.74) is 2.82. The Morgan fingerprint density at radius 3 is 2.81 bits per heavy atom. The van der Waals surface area contributed by atoms with E-state index < -0.39 is 0 Å². The highest BCUT2D eigenvalue weighted by molar-refractivity contribution is 5.72. The maximum atomic E-state index is 12.2. The molecule has 0 aliphatic heterocycles. The zero-order valence-electron chi connectivity index (χ0n) is 15.4. The fourth-order valence-corrected chi connectivity index (χ4v) is 2.60. The Morgan fingerprint density at radius 1 is 1.26 bits per heavy atom. The van der Waals surface area contributed by atoms with Gasteiger partial charge >= 0.3 is 5.97 Å². The van der Waals surface area contributed by atoms with E-state index in [-0.39, 0.29) is 17.8 Å². The highest BCUT2D eigenvalue weighted by Crippen LogP contribution is 2.11. The number of nitrogens with zero attached hydrogens (tertiary/aromatic N) is 3. The van der Waals surface area contributed by atoms with Gasteiger partial charge in [0, 0.05) is 24.9 Å². The first-order chi connectivity index (χ1) is 13.0. The summed E-state index contributed by atoms with van der Waals surface area (Å²) < 4.78 is 6.83. The molecule has 3 aromatic rings. The molecular formula is C20H22N4O3. The number of aromatic nitrogens is 4. The lowest BCUT2D eigenvalue weighted by atomic mass is 10.0. The number of ether oxygens (including phenoxy) is 1. The topological polar surface area (TPSA) is 89.9 Å². The van der Waals surface area contributed by atoms with Crippen LogP contribution >= 0.6 is 0 Å². The molecule has 0 atom stereocenters. The molecule has 0 bridgehead atoms. The molecule has 0 unspecified atom stereocenters. The van der Waals surface area contributed by atoms with Crippen LogP contribution in [-0.2, 0) is 22.4 Å². The lowest BCUT2D eigenvalue weighted by Gasteiger charge is -2.09. The summed E-state index contributed by atoms with van der Waals surface area (Å²) in [5.74, 6) is 0.0582. The van der Waals surface area contributed by atoms with Gasteiger partial charge in [0.2, 0.25) is 5.43 Å². The molecule has 0 aliphatic rings. The van der Waals surface area contributed by atoms with Crippen LogP contribution < -0.4 is 5.43 Å². The first kappa shape index (κ1) is 18.6. The van der Waals surface area contributed by atoms with Crippen LogP contribution in [0.3, 0.4) is 0 Å². The number of nitrogens with one attached hydrogen (secondary N) is 1. The van der Waals surface area contributed by atoms with E-state index in [1.807, 2.05) is 38.1 Å². The van der Waals surface area contributed by atoms with Crippen LogP contribution in [0.15, 0.2) is 53.7 Å². The standard InChI is InChI=1S/C20H22N4O3/c1-14(2)13-27-20(26)10-16-5-3-4-15(8-16)9-18-19(25)6-7-24(23-18)17-11-21-22-12-17/h3-8,11-12,14H,9-10,13H2,1-2H3,(H,21,22). The van der Waals surface area contributed by atoms with Gasteiger partial charge in [-0.25, -0.2) is 4.68 Å². The van der Waals surface area contributed by atoms with Gasteiger partial charge < -0.3 is 4.74 Å². The molecule has 7 heteroatoms. The average molecular weight is 366 g/mol. The van der Waals surface area contributed by atoms with Crippen LogP contribution in [0.1, 0.15) is 30.7 Å². The first-order valence-electron chi connectivity index (χ1n) is 8.82. The Labute approximate surface area is 157 Å². The molecule has 0 fully saturated rings. The number of carbonyl (C=O) groups excluding carboxylic acids is 1. The molecule has 2 heterocycles. The number of esters is 1. The normalized spacial score (nSPS) is 10.9. The van der Waals surface area contributed by atoms with E-state index in [0.29, 0.717) is 24.6 Å². The number of benzene rings is 1. The minimum absolute atomic E-state index is 0.128. The summed E-state index contributed by atoms with van der Waals surface area (Å²) in [5, 5.41) is 11.0. The lowest BCUT2D eigenvalue weighted by Crippen LogP contribution is -2.16. The molecule has 1 aromatic carbocycles. The van der Waals surface area contributed by atoms with E-state index in [2.05, 4.69) is 15.3 Å². The summed E-state index contributed by atoms with van der Waals surface area (Å²) in [7, 11) is 0. The summed E-state index contributed by atoms with van der Waals surface area (Å²) in [6.07, 6.45) is 5.53. The summed E-state index contributed by atoms with van der Waals surface area (Å²) in [6, 6.07) is 9.06. The van der Waals surface area contributed by atoms with Crippen molar-refractivity contribution in [3.63, 3.8) is 0 Å². The third-order valence-corrected chi connectivity index (χ3v) is 3.92. The van der Waals surface area contributed by atoms with Crippen molar-refractivity contribution in [1.82, 2.24) is 20.0 Å². The Morgan fingerprint density at radius 2 is 2.07 bits per heavy atom. The summed E-state index contributed by atoms with van der Waals surface area (Å²) in [6.45, 7) is 4.41. The highest BCUT2D eigenvalue weighted by Gasteiger charge is 2.09. The van der Waals surface area contributed by atoms with Crippen molar-refractivity contribution < 1.29 is 9.53 Å². The van der Waals surface area contributed by atoms with Gasteiger partial charge in [0.25, 0.3) is 0 Å². The van der Waals surface area contributed by atoms with Gasteiger partial charge in [0.1, 0.15) is 11.4 Å². The quantitative estimate of drug-likeness (QED) is 0.648. The second-order valence-electron chi connectivity index (χ2n) is 6.78. The molecular weight excluding hydrogens is 344 g/mol. The number of hydrogen-bond acceptors (Lipinski definition) is 5. The molecule has 0 aliphatic carbocycles. The average Bonchev–Trinajstić information content (AvgIpc) is 3.17. The SMILES string of the molecule is CC(C)COC(=O)Cc1cccc(Cc2nn(-c3cn[nH]c3)ccc2=O)c1. The molecule has 27 heavy (non-hydrogen) atoms. The molecule has 0 radical (unpaired) electrons. The molecule has 0 saturated heterocycles. The second-order valence-corrected chi connectivity index (χ2v) is 6.78. The van der Waals surface area contributed by atoms with Crippen molar-refractivity contribution in [2.75, 3.05) is 6.61 Å². The second kappa shape index (κ2) is 8.44. The minimum atomic E-state index is -0.249. The maximum Gasteiger partial charge on any atom is 0.310 e. The molecule has 2 aromatic heterocycles. The number of aromatic amines is 1. The zero-order chi connectivity index (χ0) is 19.2. The lowest BCUT2D eigenvalue weighted by molar-refractivity contribution is -0.143. The zero-order valence-corrected chi connectivity index (χ0v) is 15.4. The molecule has 140 valence electrons. The highest BCUT2D eigenvalue weighted by atomic mass is 16.5. The van der Waals surface area contributed by atoms with Crippen molar-refractivity contribution in [2.45, 2.75) is 26.7 Å². The van der Waals surface area contributed by atoms with Crippen molar-refractivity contribution in [3.8, 4) is 5.69 Å². The fraction of sp³-hybridized carbons (Fsp3) is 0.300. The van der Waals surface area contributed by atoms with Crippen LogP contribution in [0, 0.1) is 5.92 Å². The molecule has 3 rings (SSSR count).